The standard InChI is InChI=1S/C48H49F5N8O5/c1-27-39(48(51,52)53)36(22-37(40(27)49)59(23-29-7-13-33(62-3)14-8-29)24-30-9-15-34(63-4)16-10-30)42-41(50)43-38-45(58-47(57-43)66-26-32-12-11-31-25-64-20-18-61(31)32)60(19-21-65-46(38)56-42)28(2)35-6-5-17-55-44(35)54/h5-10,13-17,22,28,31-32H,11-12,18-21,23-26H2,1-4H3,(H2,54,55)/t28-,31+,32+/m1/s1. The monoisotopic (exact) mass is 912 g/mol. The molecule has 66 heavy (non-hydrogen) atoms. The molecule has 0 amide bonds. The van der Waals surface area contributed by atoms with Gasteiger partial charge in [-0.3, -0.25) is 4.90 Å². The number of ether oxygens (including phenoxy) is 5. The second-order valence-electron chi connectivity index (χ2n) is 16.6. The maximum Gasteiger partial charge on any atom is 0.417 e. The van der Waals surface area contributed by atoms with Crippen molar-refractivity contribution in [3.05, 3.63) is 112 Å². The third-order valence-electron chi connectivity index (χ3n) is 12.7. The number of nitrogens with zero attached hydrogens (tertiary/aromatic N) is 7. The molecular weight excluding hydrogens is 864 g/mol. The molecule has 18 heteroatoms. The van der Waals surface area contributed by atoms with E-state index in [0.29, 0.717) is 41.4 Å². The Bertz CT molecular complexity index is 2680. The van der Waals surface area contributed by atoms with Crippen LogP contribution in [-0.4, -0.2) is 90.7 Å². The number of halogens is 5. The van der Waals surface area contributed by atoms with Gasteiger partial charge in [0.1, 0.15) is 58.8 Å². The van der Waals surface area contributed by atoms with Crippen molar-refractivity contribution in [3.63, 3.8) is 0 Å². The average Bonchev–Trinajstić information content (AvgIpc) is 3.64. The number of anilines is 3. The second kappa shape index (κ2) is 18.4. The Kier molecular flexibility index (Phi) is 12.4. The normalized spacial score (nSPS) is 17.8. The number of methoxy groups -OCH3 is 2. The Morgan fingerprint density at radius 1 is 0.894 bits per heavy atom. The molecule has 3 aromatic heterocycles. The van der Waals surface area contributed by atoms with Gasteiger partial charge >= 0.3 is 12.2 Å². The summed E-state index contributed by atoms with van der Waals surface area (Å²) < 4.78 is 110. The van der Waals surface area contributed by atoms with Gasteiger partial charge < -0.3 is 39.2 Å². The summed E-state index contributed by atoms with van der Waals surface area (Å²) in [5, 5.41) is 0.0257. The van der Waals surface area contributed by atoms with E-state index in [1.54, 1.807) is 65.7 Å². The van der Waals surface area contributed by atoms with Gasteiger partial charge in [-0.25, -0.2) is 18.7 Å². The number of hydrogen-bond acceptors (Lipinski definition) is 13. The minimum absolute atomic E-state index is 0.00743. The van der Waals surface area contributed by atoms with Crippen LogP contribution < -0.4 is 34.5 Å². The average molecular weight is 913 g/mol. The maximum absolute atomic E-state index is 17.8. The van der Waals surface area contributed by atoms with Crippen LogP contribution in [0.15, 0.2) is 72.9 Å². The van der Waals surface area contributed by atoms with E-state index >= 15 is 22.0 Å². The van der Waals surface area contributed by atoms with E-state index in [9.17, 15) is 0 Å². The van der Waals surface area contributed by atoms with Gasteiger partial charge in [0.2, 0.25) is 5.88 Å². The van der Waals surface area contributed by atoms with Crippen molar-refractivity contribution in [1.82, 2.24) is 24.8 Å². The van der Waals surface area contributed by atoms with Gasteiger partial charge in [0.15, 0.2) is 5.82 Å². The molecule has 0 radical (unpaired) electrons. The maximum atomic E-state index is 17.8. The molecule has 9 rings (SSSR count). The van der Waals surface area contributed by atoms with Crippen molar-refractivity contribution in [1.29, 1.82) is 0 Å². The minimum Gasteiger partial charge on any atom is -0.497 e. The molecule has 3 aromatic carbocycles. The van der Waals surface area contributed by atoms with Gasteiger partial charge in [-0.2, -0.15) is 23.1 Å². The van der Waals surface area contributed by atoms with Crippen LogP contribution in [0.1, 0.15) is 53.6 Å². The topological polar surface area (TPSA) is 133 Å². The zero-order chi connectivity index (χ0) is 46.3. The number of hydrogen-bond donors (Lipinski definition) is 1. The van der Waals surface area contributed by atoms with Crippen LogP contribution in [0.25, 0.3) is 22.2 Å². The van der Waals surface area contributed by atoms with Crippen molar-refractivity contribution < 1.29 is 45.6 Å². The molecule has 0 unspecified atom stereocenters. The first kappa shape index (κ1) is 44.7. The molecule has 2 saturated heterocycles. The summed E-state index contributed by atoms with van der Waals surface area (Å²) in [4.78, 5) is 23.9. The van der Waals surface area contributed by atoms with Crippen molar-refractivity contribution in [2.24, 2.45) is 0 Å². The number of nitrogen functional groups attached to an aromatic ring is 1. The molecule has 0 bridgehead atoms. The SMILES string of the molecule is COc1ccc(CN(Cc2ccc(OC)cc2)c2cc(-c3nc4c5c(nc(OC[C@@H]6CC[C@H]7COCCN76)nc5c3F)N([C@H](C)c3cccnc3N)CCO4)c(C(F)(F)F)c(C)c2F)cc1. The number of aromatic nitrogens is 4. The van der Waals surface area contributed by atoms with Crippen LogP contribution in [0.3, 0.4) is 0 Å². The van der Waals surface area contributed by atoms with Gasteiger partial charge in [-0.15, -0.1) is 0 Å². The molecule has 0 spiro atoms. The van der Waals surface area contributed by atoms with Crippen molar-refractivity contribution in [2.45, 2.75) is 64.1 Å². The molecule has 3 aliphatic heterocycles. The minimum atomic E-state index is -5.15. The van der Waals surface area contributed by atoms with Crippen LogP contribution in [0.5, 0.6) is 23.4 Å². The predicted octanol–water partition coefficient (Wildman–Crippen LogP) is 8.70. The molecule has 0 saturated carbocycles. The Morgan fingerprint density at radius 3 is 2.24 bits per heavy atom. The van der Waals surface area contributed by atoms with Crippen LogP contribution >= 0.6 is 0 Å². The lowest BCUT2D eigenvalue weighted by molar-refractivity contribution is -0.137. The highest BCUT2D eigenvalue weighted by Crippen LogP contribution is 2.47. The summed E-state index contributed by atoms with van der Waals surface area (Å²) in [5.41, 5.74) is 4.25. The molecular formula is C48H49F5N8O5. The fourth-order valence-corrected chi connectivity index (χ4v) is 9.32. The van der Waals surface area contributed by atoms with Crippen molar-refractivity contribution in [3.8, 4) is 34.6 Å². The van der Waals surface area contributed by atoms with Gasteiger partial charge in [0.25, 0.3) is 0 Å². The molecule has 3 atom stereocenters. The fourth-order valence-electron chi connectivity index (χ4n) is 9.32. The smallest absolute Gasteiger partial charge is 0.417 e. The lowest BCUT2D eigenvalue weighted by Gasteiger charge is -2.33. The van der Waals surface area contributed by atoms with E-state index in [0.717, 1.165) is 32.4 Å². The lowest BCUT2D eigenvalue weighted by atomic mass is 9.95. The van der Waals surface area contributed by atoms with Crippen LogP contribution in [-0.2, 0) is 24.0 Å². The Morgan fingerprint density at radius 2 is 1.59 bits per heavy atom. The molecule has 2 N–H and O–H groups in total. The zero-order valence-electron chi connectivity index (χ0n) is 36.9. The van der Waals surface area contributed by atoms with Crippen molar-refractivity contribution >= 4 is 28.2 Å². The molecule has 6 heterocycles. The Labute approximate surface area is 378 Å². The third-order valence-corrected chi connectivity index (χ3v) is 12.7. The number of rotatable bonds is 13. The van der Waals surface area contributed by atoms with Gasteiger partial charge in [0.05, 0.1) is 51.3 Å². The Balaban J connectivity index is 1.21. The molecule has 13 nitrogen and oxygen atoms in total. The molecule has 3 aliphatic rings. The number of pyridine rings is 2. The lowest BCUT2D eigenvalue weighted by Crippen LogP contribution is -2.46. The summed E-state index contributed by atoms with van der Waals surface area (Å²) >= 11 is 0. The first-order valence-corrected chi connectivity index (χ1v) is 21.7. The van der Waals surface area contributed by atoms with E-state index in [1.165, 1.54) is 14.2 Å². The van der Waals surface area contributed by atoms with Crippen molar-refractivity contribution in [2.75, 3.05) is 69.3 Å². The van der Waals surface area contributed by atoms with Crippen LogP contribution in [0, 0.1) is 18.6 Å². The summed E-state index contributed by atoms with van der Waals surface area (Å²) in [6, 6.07) is 18.2. The summed E-state index contributed by atoms with van der Waals surface area (Å²) in [6.07, 6.45) is -1.83. The molecule has 6 aromatic rings. The highest BCUT2D eigenvalue weighted by molar-refractivity contribution is 5.97. The van der Waals surface area contributed by atoms with Gasteiger partial charge in [0, 0.05) is 49.0 Å². The van der Waals surface area contributed by atoms with E-state index < -0.39 is 46.2 Å². The molecule has 346 valence electrons. The Hall–Kier alpha value is -6.53. The number of fused-ring (bicyclic) bond motifs is 1. The largest absolute Gasteiger partial charge is 0.497 e. The number of nitrogens with two attached hydrogens (primary N) is 1. The highest BCUT2D eigenvalue weighted by atomic mass is 19.4. The van der Waals surface area contributed by atoms with Gasteiger partial charge in [-0.1, -0.05) is 30.3 Å². The van der Waals surface area contributed by atoms with E-state index in [-0.39, 0.29) is 85.0 Å². The predicted molar refractivity (Wildman–Crippen MR) is 238 cm³/mol. The summed E-state index contributed by atoms with van der Waals surface area (Å²) in [5.74, 6) is -0.899. The first-order chi connectivity index (χ1) is 31.8. The summed E-state index contributed by atoms with van der Waals surface area (Å²) in [6.45, 7) is 5.28. The first-order valence-electron chi connectivity index (χ1n) is 21.7. The molecule has 2 fully saturated rings. The number of morpholine rings is 1. The quantitative estimate of drug-likeness (QED) is 0.111. The van der Waals surface area contributed by atoms with Crippen LogP contribution in [0.2, 0.25) is 0 Å². The van der Waals surface area contributed by atoms with Gasteiger partial charge in [-0.05, 0) is 79.8 Å². The zero-order valence-corrected chi connectivity index (χ0v) is 36.9. The fraction of sp³-hybridized carbons (Fsp3) is 0.375. The van der Waals surface area contributed by atoms with E-state index in [4.69, 9.17) is 34.4 Å². The number of benzene rings is 3. The van der Waals surface area contributed by atoms with E-state index in [1.807, 2.05) is 17.9 Å². The third kappa shape index (κ3) is 8.66. The summed E-state index contributed by atoms with van der Waals surface area (Å²) in [7, 11) is 3.05. The second-order valence-corrected chi connectivity index (χ2v) is 16.6. The van der Waals surface area contributed by atoms with Crippen LogP contribution in [0.4, 0.5) is 39.3 Å². The van der Waals surface area contributed by atoms with E-state index in [2.05, 4.69) is 19.9 Å². The number of alkyl halides is 3. The highest BCUT2D eigenvalue weighted by Gasteiger charge is 2.41. The molecule has 0 aliphatic carbocycles.